The Hall–Kier alpha value is -2.70. The van der Waals surface area contributed by atoms with Crippen molar-refractivity contribution in [3.63, 3.8) is 0 Å². The number of amides is 1. The number of nitrogens with one attached hydrogen (secondary N) is 2. The van der Waals surface area contributed by atoms with Crippen molar-refractivity contribution in [3.8, 4) is 0 Å². The van der Waals surface area contributed by atoms with Gasteiger partial charge in [0.15, 0.2) is 0 Å². The summed E-state index contributed by atoms with van der Waals surface area (Å²) in [6, 6.07) is 0.122. The lowest BCUT2D eigenvalue weighted by Gasteiger charge is -2.20. The first kappa shape index (κ1) is 19.1. The maximum absolute atomic E-state index is 12.0. The van der Waals surface area contributed by atoms with Crippen LogP contribution in [-0.2, 0) is 4.74 Å². The molecule has 0 radical (unpaired) electrons. The van der Waals surface area contributed by atoms with Crippen LogP contribution in [0.3, 0.4) is 0 Å². The van der Waals surface area contributed by atoms with Crippen molar-refractivity contribution < 1.29 is 9.53 Å². The third-order valence-corrected chi connectivity index (χ3v) is 4.34. The van der Waals surface area contributed by atoms with E-state index in [0.717, 1.165) is 25.7 Å². The molecule has 1 aromatic heterocycles. The topological polar surface area (TPSA) is 89.0 Å². The molecule has 2 N–H and O–H groups in total. The van der Waals surface area contributed by atoms with Crippen molar-refractivity contribution in [2.45, 2.75) is 51.5 Å². The minimum absolute atomic E-state index is 0.122. The SMILES string of the molecule is CC(C)COC(=O)Nc1nc(NC2C=CC=CC2)nc(C2CC=CCC2)n1. The van der Waals surface area contributed by atoms with E-state index >= 15 is 0 Å². The minimum Gasteiger partial charge on any atom is -0.449 e. The Morgan fingerprint density at radius 3 is 2.70 bits per heavy atom. The summed E-state index contributed by atoms with van der Waals surface area (Å²) in [7, 11) is 0. The Morgan fingerprint density at radius 2 is 2.00 bits per heavy atom. The zero-order valence-electron chi connectivity index (χ0n) is 15.9. The summed E-state index contributed by atoms with van der Waals surface area (Å²) in [5.74, 6) is 1.89. The normalized spacial score (nSPS) is 21.3. The highest BCUT2D eigenvalue weighted by molar-refractivity contribution is 5.82. The van der Waals surface area contributed by atoms with E-state index in [1.54, 1.807) is 0 Å². The number of carbonyl (C=O) groups excluding carboxylic acids is 1. The van der Waals surface area contributed by atoms with Gasteiger partial charge in [-0.3, -0.25) is 5.32 Å². The van der Waals surface area contributed by atoms with Crippen LogP contribution in [0.25, 0.3) is 0 Å². The molecule has 27 heavy (non-hydrogen) atoms. The van der Waals surface area contributed by atoms with Crippen LogP contribution >= 0.6 is 0 Å². The van der Waals surface area contributed by atoms with Gasteiger partial charge in [0.1, 0.15) is 5.82 Å². The second-order valence-corrected chi connectivity index (χ2v) is 7.24. The predicted molar refractivity (Wildman–Crippen MR) is 106 cm³/mol. The second kappa shape index (κ2) is 9.30. The Bertz CT molecular complexity index is 742. The number of rotatable bonds is 6. The molecule has 7 heteroatoms. The van der Waals surface area contributed by atoms with Crippen LogP contribution in [0, 0.1) is 5.92 Å². The summed E-state index contributed by atoms with van der Waals surface area (Å²) in [6.45, 7) is 4.32. The van der Waals surface area contributed by atoms with Crippen LogP contribution in [0.2, 0.25) is 0 Å². The largest absolute Gasteiger partial charge is 0.449 e. The molecule has 2 aliphatic rings. The van der Waals surface area contributed by atoms with E-state index in [0.29, 0.717) is 18.4 Å². The first-order valence-corrected chi connectivity index (χ1v) is 9.55. The molecule has 0 spiro atoms. The van der Waals surface area contributed by atoms with Gasteiger partial charge in [0.05, 0.1) is 12.6 Å². The number of hydrogen-bond acceptors (Lipinski definition) is 6. The third kappa shape index (κ3) is 5.91. The molecule has 2 unspecified atom stereocenters. The van der Waals surface area contributed by atoms with E-state index in [1.165, 1.54) is 0 Å². The Kier molecular flexibility index (Phi) is 6.57. The van der Waals surface area contributed by atoms with Gasteiger partial charge in [-0.15, -0.1) is 0 Å². The maximum atomic E-state index is 12.0. The van der Waals surface area contributed by atoms with E-state index < -0.39 is 6.09 Å². The van der Waals surface area contributed by atoms with Gasteiger partial charge < -0.3 is 10.1 Å². The molecule has 0 fully saturated rings. The summed E-state index contributed by atoms with van der Waals surface area (Å²) >= 11 is 0. The highest BCUT2D eigenvalue weighted by Crippen LogP contribution is 2.28. The van der Waals surface area contributed by atoms with E-state index in [-0.39, 0.29) is 23.8 Å². The molecule has 144 valence electrons. The molecule has 3 rings (SSSR count). The lowest BCUT2D eigenvalue weighted by molar-refractivity contribution is 0.147. The summed E-state index contributed by atoms with van der Waals surface area (Å²) in [5.41, 5.74) is 0. The zero-order valence-corrected chi connectivity index (χ0v) is 15.9. The van der Waals surface area contributed by atoms with Crippen LogP contribution in [0.1, 0.15) is 51.3 Å². The van der Waals surface area contributed by atoms with Crippen molar-refractivity contribution >= 4 is 18.0 Å². The zero-order chi connectivity index (χ0) is 19.1. The molecule has 0 aromatic carbocycles. The maximum Gasteiger partial charge on any atom is 0.414 e. The fraction of sp³-hybridized carbons (Fsp3) is 0.500. The van der Waals surface area contributed by atoms with Gasteiger partial charge in [0.25, 0.3) is 0 Å². The molecule has 1 heterocycles. The van der Waals surface area contributed by atoms with Gasteiger partial charge in [0.2, 0.25) is 11.9 Å². The number of aromatic nitrogens is 3. The van der Waals surface area contributed by atoms with Crippen LogP contribution < -0.4 is 10.6 Å². The van der Waals surface area contributed by atoms with Gasteiger partial charge in [-0.25, -0.2) is 4.79 Å². The first-order chi connectivity index (χ1) is 13.1. The smallest absolute Gasteiger partial charge is 0.414 e. The predicted octanol–water partition coefficient (Wildman–Crippen LogP) is 4.20. The van der Waals surface area contributed by atoms with Crippen LogP contribution in [-0.4, -0.2) is 33.7 Å². The minimum atomic E-state index is -0.546. The Balaban J connectivity index is 1.76. The lowest BCUT2D eigenvalue weighted by Crippen LogP contribution is -2.23. The van der Waals surface area contributed by atoms with Crippen molar-refractivity contribution in [1.29, 1.82) is 0 Å². The van der Waals surface area contributed by atoms with Crippen molar-refractivity contribution in [2.24, 2.45) is 5.92 Å². The number of allylic oxidation sites excluding steroid dienone is 4. The van der Waals surface area contributed by atoms with Gasteiger partial charge in [-0.1, -0.05) is 50.3 Å². The summed E-state index contributed by atoms with van der Waals surface area (Å²) in [6.07, 6.45) is 15.7. The van der Waals surface area contributed by atoms with E-state index in [9.17, 15) is 4.79 Å². The summed E-state index contributed by atoms with van der Waals surface area (Å²) in [4.78, 5) is 25.5. The third-order valence-electron chi connectivity index (χ3n) is 4.34. The first-order valence-electron chi connectivity index (χ1n) is 9.55. The number of ether oxygens (including phenoxy) is 1. The van der Waals surface area contributed by atoms with E-state index in [2.05, 4.69) is 49.9 Å². The highest BCUT2D eigenvalue weighted by atomic mass is 16.5. The average molecular weight is 369 g/mol. The van der Waals surface area contributed by atoms with Crippen LogP contribution in [0.15, 0.2) is 36.5 Å². The van der Waals surface area contributed by atoms with Gasteiger partial charge in [0, 0.05) is 5.92 Å². The van der Waals surface area contributed by atoms with E-state index in [1.807, 2.05) is 26.0 Å². The molecule has 1 amide bonds. The van der Waals surface area contributed by atoms with Crippen molar-refractivity contribution in [1.82, 2.24) is 15.0 Å². The molecule has 1 aromatic rings. The molecular formula is C20H27N5O2. The molecule has 0 saturated heterocycles. The van der Waals surface area contributed by atoms with Gasteiger partial charge in [-0.05, 0) is 31.6 Å². The van der Waals surface area contributed by atoms with Gasteiger partial charge >= 0.3 is 6.09 Å². The number of nitrogens with zero attached hydrogens (tertiary/aromatic N) is 3. The molecule has 0 aliphatic heterocycles. The quantitative estimate of drug-likeness (QED) is 0.731. The molecule has 0 saturated carbocycles. The number of carbonyl (C=O) groups is 1. The summed E-state index contributed by atoms with van der Waals surface area (Å²) in [5, 5.41) is 5.95. The second-order valence-electron chi connectivity index (χ2n) is 7.24. The molecule has 2 aliphatic carbocycles. The van der Waals surface area contributed by atoms with Crippen LogP contribution in [0.4, 0.5) is 16.7 Å². The van der Waals surface area contributed by atoms with Crippen molar-refractivity contribution in [3.05, 3.63) is 42.3 Å². The number of hydrogen-bond donors (Lipinski definition) is 2. The fourth-order valence-electron chi connectivity index (χ4n) is 2.95. The summed E-state index contributed by atoms with van der Waals surface area (Å²) < 4.78 is 5.18. The lowest BCUT2D eigenvalue weighted by atomic mass is 9.94. The molecular weight excluding hydrogens is 342 g/mol. The molecule has 7 nitrogen and oxygen atoms in total. The number of anilines is 2. The average Bonchev–Trinajstić information content (AvgIpc) is 2.68. The Morgan fingerprint density at radius 1 is 1.15 bits per heavy atom. The fourth-order valence-corrected chi connectivity index (χ4v) is 2.95. The molecule has 0 bridgehead atoms. The Labute approximate surface area is 160 Å². The molecule has 2 atom stereocenters. The van der Waals surface area contributed by atoms with Gasteiger partial charge in [-0.2, -0.15) is 15.0 Å². The highest BCUT2D eigenvalue weighted by Gasteiger charge is 2.20. The van der Waals surface area contributed by atoms with E-state index in [4.69, 9.17) is 4.74 Å². The standard InChI is InChI=1S/C20H27N5O2/c1-14(2)13-27-20(26)25-19-23-17(15-9-5-3-6-10-15)22-18(24-19)21-16-11-7-4-8-12-16/h3-5,7-8,11,14-16H,6,9-10,12-13H2,1-2H3,(H2,21,22,23,24,25,26). The monoisotopic (exact) mass is 369 g/mol. The van der Waals surface area contributed by atoms with Crippen molar-refractivity contribution in [2.75, 3.05) is 17.2 Å². The van der Waals surface area contributed by atoms with Crippen LogP contribution in [0.5, 0.6) is 0 Å².